The van der Waals surface area contributed by atoms with Gasteiger partial charge in [-0.2, -0.15) is 9.78 Å². The van der Waals surface area contributed by atoms with Crippen molar-refractivity contribution in [1.82, 2.24) is 14.8 Å². The molecular weight excluding hydrogens is 379 g/mol. The molecule has 2 aromatic carbocycles. The van der Waals surface area contributed by atoms with E-state index in [4.69, 9.17) is 0 Å². The molecule has 4 aromatic rings. The fourth-order valence-corrected chi connectivity index (χ4v) is 3.72. The van der Waals surface area contributed by atoms with Crippen molar-refractivity contribution in [3.8, 4) is 5.13 Å². The number of nitrogens with one attached hydrogen (secondary N) is 1. The lowest BCUT2D eigenvalue weighted by Crippen LogP contribution is -2.15. The first-order valence-electron chi connectivity index (χ1n) is 8.47. The van der Waals surface area contributed by atoms with E-state index in [1.165, 1.54) is 29.0 Å². The van der Waals surface area contributed by atoms with Gasteiger partial charge in [-0.25, -0.2) is 9.37 Å². The van der Waals surface area contributed by atoms with Gasteiger partial charge in [-0.05, 0) is 38.1 Å². The summed E-state index contributed by atoms with van der Waals surface area (Å²) in [6, 6.07) is 12.9. The molecule has 6 nitrogen and oxygen atoms in total. The van der Waals surface area contributed by atoms with E-state index in [0.717, 1.165) is 0 Å². The number of halogens is 1. The second kappa shape index (κ2) is 6.97. The highest BCUT2D eigenvalue weighted by atomic mass is 32.1. The van der Waals surface area contributed by atoms with Crippen molar-refractivity contribution >= 4 is 39.1 Å². The van der Waals surface area contributed by atoms with Gasteiger partial charge in [0.05, 0.1) is 10.4 Å². The Balaban J connectivity index is 1.66. The van der Waals surface area contributed by atoms with Crippen LogP contribution in [0.2, 0.25) is 0 Å². The molecule has 0 aliphatic carbocycles. The molecule has 0 fully saturated rings. The summed E-state index contributed by atoms with van der Waals surface area (Å²) in [4.78, 5) is 28.3. The van der Waals surface area contributed by atoms with Crippen molar-refractivity contribution in [3.05, 3.63) is 71.2 Å². The molecule has 0 radical (unpaired) electrons. The number of aromatic nitrogens is 3. The van der Waals surface area contributed by atoms with Crippen LogP contribution >= 0.6 is 11.3 Å². The second-order valence-electron chi connectivity index (χ2n) is 6.25. The van der Waals surface area contributed by atoms with Crippen LogP contribution in [0.1, 0.15) is 33.3 Å². The van der Waals surface area contributed by atoms with Crippen LogP contribution in [0.4, 0.5) is 10.2 Å². The number of amides is 1. The summed E-state index contributed by atoms with van der Waals surface area (Å²) in [5, 5.41) is 7.63. The third kappa shape index (κ3) is 3.29. The van der Waals surface area contributed by atoms with E-state index in [0.29, 0.717) is 32.5 Å². The Morgan fingerprint density at radius 1 is 1.11 bits per heavy atom. The Morgan fingerprint density at radius 2 is 1.82 bits per heavy atom. The summed E-state index contributed by atoms with van der Waals surface area (Å²) >= 11 is 1.28. The molecular formula is C20H15FN4O2S. The van der Waals surface area contributed by atoms with Gasteiger partial charge in [0.15, 0.2) is 5.78 Å². The topological polar surface area (TPSA) is 76.9 Å². The maximum atomic E-state index is 14.0. The number of carbonyl (C=O) groups is 2. The molecule has 0 bridgehead atoms. The van der Waals surface area contributed by atoms with Gasteiger partial charge in [-0.15, -0.1) is 0 Å². The van der Waals surface area contributed by atoms with Crippen molar-refractivity contribution in [3.63, 3.8) is 0 Å². The van der Waals surface area contributed by atoms with Crippen molar-refractivity contribution in [2.45, 2.75) is 13.8 Å². The van der Waals surface area contributed by atoms with E-state index in [1.807, 2.05) is 0 Å². The van der Waals surface area contributed by atoms with Gasteiger partial charge in [-0.3, -0.25) is 9.59 Å². The molecule has 0 unspecified atom stereocenters. The molecule has 0 spiro atoms. The lowest BCUT2D eigenvalue weighted by Gasteiger charge is -2.07. The van der Waals surface area contributed by atoms with E-state index < -0.39 is 5.82 Å². The van der Waals surface area contributed by atoms with Crippen LogP contribution in [0, 0.1) is 12.7 Å². The number of Topliss-reactive ketones (excluding diaryl/α,β-unsaturated/α-hetero) is 1. The molecule has 1 N–H and O–H groups in total. The number of anilines is 1. The summed E-state index contributed by atoms with van der Waals surface area (Å²) in [5.74, 6) is -0.384. The maximum absolute atomic E-state index is 14.0. The Labute approximate surface area is 163 Å². The van der Waals surface area contributed by atoms with E-state index in [1.54, 1.807) is 49.4 Å². The number of aryl methyl sites for hydroxylation is 1. The molecule has 28 heavy (non-hydrogen) atoms. The van der Waals surface area contributed by atoms with Gasteiger partial charge < -0.3 is 5.32 Å². The van der Waals surface area contributed by atoms with Crippen LogP contribution in [0.5, 0.6) is 0 Å². The van der Waals surface area contributed by atoms with E-state index in [9.17, 15) is 14.0 Å². The maximum Gasteiger partial charge on any atom is 0.256 e. The molecule has 8 heteroatoms. The monoisotopic (exact) mass is 394 g/mol. The lowest BCUT2D eigenvalue weighted by atomic mass is 10.1. The zero-order valence-electron chi connectivity index (χ0n) is 15.1. The predicted molar refractivity (Wildman–Crippen MR) is 106 cm³/mol. The van der Waals surface area contributed by atoms with Crippen molar-refractivity contribution in [2.75, 3.05) is 5.32 Å². The summed E-state index contributed by atoms with van der Waals surface area (Å²) in [5.41, 5.74) is 1.90. The van der Waals surface area contributed by atoms with Crippen LogP contribution in [-0.4, -0.2) is 26.5 Å². The Kier molecular flexibility index (Phi) is 4.48. The van der Waals surface area contributed by atoms with Crippen molar-refractivity contribution < 1.29 is 14.0 Å². The molecule has 140 valence electrons. The number of thiazole rings is 1. The highest BCUT2D eigenvalue weighted by Crippen LogP contribution is 2.28. The Bertz CT molecular complexity index is 1210. The van der Waals surface area contributed by atoms with Crippen LogP contribution in [-0.2, 0) is 0 Å². The third-order valence-corrected chi connectivity index (χ3v) is 5.16. The van der Waals surface area contributed by atoms with Gasteiger partial charge in [0, 0.05) is 17.2 Å². The molecule has 0 aliphatic rings. The molecule has 1 amide bonds. The minimum absolute atomic E-state index is 0.0660. The molecule has 0 saturated heterocycles. The molecule has 2 heterocycles. The largest absolute Gasteiger partial charge is 0.306 e. The van der Waals surface area contributed by atoms with Crippen LogP contribution in [0.25, 0.3) is 15.3 Å². The minimum Gasteiger partial charge on any atom is -0.306 e. The number of benzene rings is 2. The fourth-order valence-electron chi connectivity index (χ4n) is 2.77. The van der Waals surface area contributed by atoms with E-state index >= 15 is 0 Å². The lowest BCUT2D eigenvalue weighted by molar-refractivity contribution is 0.100. The summed E-state index contributed by atoms with van der Waals surface area (Å²) in [6.45, 7) is 3.26. The molecule has 2 aromatic heterocycles. The highest BCUT2D eigenvalue weighted by Gasteiger charge is 2.16. The highest BCUT2D eigenvalue weighted by molar-refractivity contribution is 7.20. The van der Waals surface area contributed by atoms with E-state index in [2.05, 4.69) is 15.4 Å². The first-order valence-corrected chi connectivity index (χ1v) is 9.28. The average Bonchev–Trinajstić information content (AvgIpc) is 3.26. The predicted octanol–water partition coefficient (Wildman–Crippen LogP) is 4.38. The molecule has 0 saturated carbocycles. The molecule has 4 rings (SSSR count). The average molecular weight is 394 g/mol. The van der Waals surface area contributed by atoms with Gasteiger partial charge in [0.1, 0.15) is 17.2 Å². The number of nitrogens with zero attached hydrogens (tertiary/aromatic N) is 3. The summed E-state index contributed by atoms with van der Waals surface area (Å²) in [7, 11) is 0. The first kappa shape index (κ1) is 18.0. The zero-order valence-corrected chi connectivity index (χ0v) is 15.9. The smallest absolute Gasteiger partial charge is 0.256 e. The Hall–Kier alpha value is -3.39. The second-order valence-corrected chi connectivity index (χ2v) is 7.26. The number of ketones is 1. The molecule has 0 atom stereocenters. The van der Waals surface area contributed by atoms with Crippen molar-refractivity contribution in [2.24, 2.45) is 0 Å². The van der Waals surface area contributed by atoms with Crippen LogP contribution < -0.4 is 5.32 Å². The van der Waals surface area contributed by atoms with Gasteiger partial charge >= 0.3 is 0 Å². The number of hydrogen-bond donors (Lipinski definition) is 1. The first-order chi connectivity index (χ1) is 13.4. The third-order valence-electron chi connectivity index (χ3n) is 4.17. The number of rotatable bonds is 4. The minimum atomic E-state index is -0.403. The van der Waals surface area contributed by atoms with Crippen molar-refractivity contribution in [1.29, 1.82) is 0 Å². The van der Waals surface area contributed by atoms with Crippen LogP contribution in [0.15, 0.2) is 48.5 Å². The quantitative estimate of drug-likeness (QED) is 0.521. The number of hydrogen-bond acceptors (Lipinski definition) is 5. The fraction of sp³-hybridized carbons (Fsp3) is 0.100. The standard InChI is InChI=1S/C20H15FN4O2S/c1-11-10-17(22-19(27)14-8-6-13(7-9-14)12(2)26)25(24-11)20-23-18-15(21)4-3-5-16(18)28-20/h3-10H,1-2H3,(H,22,27). The Morgan fingerprint density at radius 3 is 2.50 bits per heavy atom. The SMILES string of the molecule is CC(=O)c1ccc(C(=O)Nc2cc(C)nn2-c2nc3c(F)cccc3s2)cc1. The van der Waals surface area contributed by atoms with Crippen LogP contribution in [0.3, 0.4) is 0 Å². The summed E-state index contributed by atoms with van der Waals surface area (Å²) < 4.78 is 16.1. The number of fused-ring (bicyclic) bond motifs is 1. The van der Waals surface area contributed by atoms with Gasteiger partial charge in [0.25, 0.3) is 5.91 Å². The van der Waals surface area contributed by atoms with E-state index in [-0.39, 0.29) is 17.2 Å². The van der Waals surface area contributed by atoms with Gasteiger partial charge in [0.2, 0.25) is 5.13 Å². The summed E-state index contributed by atoms with van der Waals surface area (Å²) in [6.07, 6.45) is 0. The van der Waals surface area contributed by atoms with Gasteiger partial charge in [-0.1, -0.05) is 29.5 Å². The number of para-hydroxylation sites is 1. The number of carbonyl (C=O) groups excluding carboxylic acids is 2. The normalized spacial score (nSPS) is 11.0. The molecule has 0 aliphatic heterocycles. The zero-order chi connectivity index (χ0) is 19.8.